The van der Waals surface area contributed by atoms with Gasteiger partial charge in [-0.1, -0.05) is 42.7 Å². The second kappa shape index (κ2) is 8.09. The lowest BCUT2D eigenvalue weighted by atomic mass is 9.92. The zero-order valence-electron chi connectivity index (χ0n) is 17.5. The van der Waals surface area contributed by atoms with E-state index in [9.17, 15) is 9.90 Å². The summed E-state index contributed by atoms with van der Waals surface area (Å²) >= 11 is 5.95. The van der Waals surface area contributed by atoms with E-state index in [1.54, 1.807) is 23.2 Å². The molecule has 0 spiro atoms. The molecule has 7 heteroatoms. The Labute approximate surface area is 185 Å². The molecule has 0 radical (unpaired) electrons. The number of hydrogen-bond acceptors (Lipinski definition) is 5. The third kappa shape index (κ3) is 3.64. The lowest BCUT2D eigenvalue weighted by molar-refractivity contribution is 0.0735. The van der Waals surface area contributed by atoms with Crippen LogP contribution < -0.4 is 10.5 Å². The summed E-state index contributed by atoms with van der Waals surface area (Å²) in [4.78, 5) is 24.6. The van der Waals surface area contributed by atoms with Crippen LogP contribution in [0.25, 0.3) is 17.0 Å². The van der Waals surface area contributed by atoms with Gasteiger partial charge in [0, 0.05) is 25.4 Å². The molecule has 1 aromatic carbocycles. The van der Waals surface area contributed by atoms with Gasteiger partial charge < -0.3 is 10.0 Å². The molecule has 0 amide bonds. The molecule has 2 atom stereocenters. The average molecular weight is 437 g/mol. The van der Waals surface area contributed by atoms with Crippen molar-refractivity contribution in [3.63, 3.8) is 0 Å². The monoisotopic (exact) mass is 436 g/mol. The van der Waals surface area contributed by atoms with E-state index < -0.39 is 6.10 Å². The van der Waals surface area contributed by atoms with Crippen molar-refractivity contribution < 1.29 is 5.11 Å². The number of nitrogens with zero attached hydrogens (tertiary/aromatic N) is 4. The van der Waals surface area contributed by atoms with E-state index in [0.29, 0.717) is 22.5 Å². The number of aromatic nitrogens is 3. The highest BCUT2D eigenvalue weighted by Crippen LogP contribution is 2.36. The van der Waals surface area contributed by atoms with Gasteiger partial charge in [0.1, 0.15) is 10.7 Å². The number of aliphatic hydroxyl groups is 1. The maximum Gasteiger partial charge on any atom is 0.261 e. The molecule has 31 heavy (non-hydrogen) atoms. The van der Waals surface area contributed by atoms with Gasteiger partial charge in [0.25, 0.3) is 5.56 Å². The molecule has 1 aliphatic heterocycles. The van der Waals surface area contributed by atoms with E-state index in [1.807, 2.05) is 19.2 Å². The molecule has 2 aliphatic rings. The number of halogens is 1. The van der Waals surface area contributed by atoms with Gasteiger partial charge in [-0.15, -0.1) is 0 Å². The van der Waals surface area contributed by atoms with Crippen LogP contribution in [-0.4, -0.2) is 39.3 Å². The Kier molecular flexibility index (Phi) is 5.28. The minimum atomic E-state index is -0.506. The molecule has 0 saturated heterocycles. The molecule has 1 aliphatic carbocycles. The summed E-state index contributed by atoms with van der Waals surface area (Å²) in [5, 5.41) is 11.6. The molecule has 6 nitrogen and oxygen atoms in total. The zero-order valence-corrected chi connectivity index (χ0v) is 18.2. The first-order chi connectivity index (χ1) is 15.0. The fraction of sp³-hybridized carbons (Fsp3) is 0.375. The van der Waals surface area contributed by atoms with E-state index in [4.69, 9.17) is 16.6 Å². The minimum Gasteiger partial charge on any atom is -0.391 e. The molecule has 1 saturated carbocycles. The Morgan fingerprint density at radius 3 is 2.84 bits per heavy atom. The largest absolute Gasteiger partial charge is 0.391 e. The maximum atomic E-state index is 13.6. The van der Waals surface area contributed by atoms with Crippen LogP contribution in [0.1, 0.15) is 48.4 Å². The molecule has 2 unspecified atom stereocenters. The fourth-order valence-electron chi connectivity index (χ4n) is 4.85. The Balaban J connectivity index is 1.69. The van der Waals surface area contributed by atoms with Crippen LogP contribution in [0, 0.1) is 0 Å². The van der Waals surface area contributed by atoms with E-state index >= 15 is 0 Å². The van der Waals surface area contributed by atoms with Gasteiger partial charge in [-0.2, -0.15) is 0 Å². The molecule has 3 heterocycles. The number of anilines is 1. The van der Waals surface area contributed by atoms with Gasteiger partial charge in [0.15, 0.2) is 0 Å². The first-order valence-electron chi connectivity index (χ1n) is 10.8. The summed E-state index contributed by atoms with van der Waals surface area (Å²) < 4.78 is 1.64. The van der Waals surface area contributed by atoms with E-state index in [0.717, 1.165) is 54.6 Å². The van der Waals surface area contributed by atoms with Gasteiger partial charge in [0.05, 0.1) is 29.5 Å². The van der Waals surface area contributed by atoms with Gasteiger partial charge in [-0.25, -0.2) is 9.97 Å². The second-order valence-corrected chi connectivity index (χ2v) is 8.91. The summed E-state index contributed by atoms with van der Waals surface area (Å²) in [7, 11) is 2.02. The van der Waals surface area contributed by atoms with E-state index in [-0.39, 0.29) is 11.6 Å². The summed E-state index contributed by atoms with van der Waals surface area (Å²) in [5.41, 5.74) is 4.77. The standard InChI is InChI=1S/C24H25ClN4O2/c1-28-10-4-5-17-16(11-15-8-9-21(25)26-13-15)12-18-22(23(17)28)27-14-29(24(18)31)19-6-2-3-7-20(19)30/h4-5,8-9,12-14,19-20,30H,2-3,6-7,10-11H2,1H3. The van der Waals surface area contributed by atoms with Crippen molar-refractivity contribution in [3.05, 3.63) is 69.0 Å². The quantitative estimate of drug-likeness (QED) is 0.629. The Bertz CT molecular complexity index is 1220. The maximum absolute atomic E-state index is 13.6. The minimum absolute atomic E-state index is 0.0859. The molecular formula is C24H25ClN4O2. The molecule has 1 N–H and O–H groups in total. The topological polar surface area (TPSA) is 71.2 Å². The smallest absolute Gasteiger partial charge is 0.261 e. The average Bonchev–Trinajstić information content (AvgIpc) is 2.77. The Morgan fingerprint density at radius 2 is 2.06 bits per heavy atom. The van der Waals surface area contributed by atoms with Gasteiger partial charge in [-0.05, 0) is 42.5 Å². The van der Waals surface area contributed by atoms with Crippen molar-refractivity contribution in [3.8, 4) is 0 Å². The highest BCUT2D eigenvalue weighted by Gasteiger charge is 2.27. The summed E-state index contributed by atoms with van der Waals surface area (Å²) in [6.45, 7) is 0.764. The van der Waals surface area contributed by atoms with E-state index in [2.05, 4.69) is 22.0 Å². The number of hydrogen-bond donors (Lipinski definition) is 1. The second-order valence-electron chi connectivity index (χ2n) is 8.52. The first-order valence-corrected chi connectivity index (χ1v) is 11.1. The third-order valence-electron chi connectivity index (χ3n) is 6.46. The van der Waals surface area contributed by atoms with Crippen LogP contribution in [-0.2, 0) is 6.42 Å². The van der Waals surface area contributed by atoms with Crippen LogP contribution in [0.4, 0.5) is 5.69 Å². The lowest BCUT2D eigenvalue weighted by Crippen LogP contribution is -2.35. The normalized spacial score (nSPS) is 20.8. The Morgan fingerprint density at radius 1 is 1.23 bits per heavy atom. The third-order valence-corrected chi connectivity index (χ3v) is 6.68. The number of aliphatic hydroxyl groups excluding tert-OH is 1. The fourth-order valence-corrected chi connectivity index (χ4v) is 4.97. The van der Waals surface area contributed by atoms with Crippen molar-refractivity contribution in [2.75, 3.05) is 18.5 Å². The number of rotatable bonds is 3. The van der Waals surface area contributed by atoms with Crippen LogP contribution in [0.3, 0.4) is 0 Å². The van der Waals surface area contributed by atoms with Crippen molar-refractivity contribution in [1.29, 1.82) is 0 Å². The van der Waals surface area contributed by atoms with Crippen molar-refractivity contribution in [2.45, 2.75) is 44.2 Å². The van der Waals surface area contributed by atoms with Crippen LogP contribution >= 0.6 is 11.6 Å². The summed E-state index contributed by atoms with van der Waals surface area (Å²) in [6.07, 6.45) is 11.3. The van der Waals surface area contributed by atoms with Gasteiger partial charge >= 0.3 is 0 Å². The molecule has 3 aromatic rings. The van der Waals surface area contributed by atoms with Crippen molar-refractivity contribution in [1.82, 2.24) is 14.5 Å². The number of likely N-dealkylation sites (N-methyl/N-ethyl adjacent to an activating group) is 1. The summed E-state index contributed by atoms with van der Waals surface area (Å²) in [6, 6.07) is 5.50. The highest BCUT2D eigenvalue weighted by molar-refractivity contribution is 6.29. The predicted molar refractivity (Wildman–Crippen MR) is 124 cm³/mol. The summed E-state index contributed by atoms with van der Waals surface area (Å²) in [5.74, 6) is 0. The van der Waals surface area contributed by atoms with Crippen LogP contribution in [0.2, 0.25) is 5.15 Å². The Hall–Kier alpha value is -2.70. The molecule has 0 bridgehead atoms. The molecule has 1 fully saturated rings. The van der Waals surface area contributed by atoms with Crippen molar-refractivity contribution in [2.24, 2.45) is 0 Å². The van der Waals surface area contributed by atoms with Crippen LogP contribution in [0.5, 0.6) is 0 Å². The molecular weight excluding hydrogens is 412 g/mol. The molecule has 2 aromatic heterocycles. The van der Waals surface area contributed by atoms with Gasteiger partial charge in [0.2, 0.25) is 0 Å². The SMILES string of the molecule is CN1CC=Cc2c(Cc3ccc(Cl)nc3)cc3c(=O)n(C4CCCCC4O)cnc3c21. The molecule has 5 rings (SSSR count). The number of benzene rings is 1. The first kappa shape index (κ1) is 20.2. The molecule has 160 valence electrons. The van der Waals surface area contributed by atoms with Gasteiger partial charge in [-0.3, -0.25) is 9.36 Å². The van der Waals surface area contributed by atoms with Crippen LogP contribution in [0.15, 0.2) is 41.6 Å². The predicted octanol–water partition coefficient (Wildman–Crippen LogP) is 3.97. The highest BCUT2D eigenvalue weighted by atomic mass is 35.5. The van der Waals surface area contributed by atoms with Crippen molar-refractivity contribution >= 4 is 34.3 Å². The zero-order chi connectivity index (χ0) is 21.5. The van der Waals surface area contributed by atoms with E-state index in [1.165, 1.54) is 0 Å². The number of fused-ring (bicyclic) bond motifs is 3. The number of pyridine rings is 1. The lowest BCUT2D eigenvalue weighted by Gasteiger charge is -2.30.